The number of likely N-dealkylation sites (tertiary alicyclic amines) is 1. The molecule has 250 valence electrons. The molecule has 0 saturated carbocycles. The maximum atomic E-state index is 14.6. The first-order chi connectivity index (χ1) is 21.2. The SMILES string of the molecule is CC(C)(C)OP(=O)(OCN1C(=O)CCC(N2Cc3cc(CNC(=O)C(F)(F)c4ccc(F)cc4)ccc3C2=O)C1=O)OC(C)(C)C. The highest BCUT2D eigenvalue weighted by atomic mass is 31.2. The molecule has 1 atom stereocenters. The highest BCUT2D eigenvalue weighted by molar-refractivity contribution is 7.48. The number of nitrogens with one attached hydrogen (secondary N) is 1. The van der Waals surface area contributed by atoms with Gasteiger partial charge in [-0.25, -0.2) is 8.96 Å². The minimum atomic E-state index is -4.26. The van der Waals surface area contributed by atoms with Crippen molar-refractivity contribution in [3.8, 4) is 0 Å². The second-order valence-corrected chi connectivity index (χ2v) is 14.5. The maximum Gasteiger partial charge on any atom is 0.477 e. The molecule has 0 aromatic heterocycles. The number of hydrogen-bond acceptors (Lipinski definition) is 8. The van der Waals surface area contributed by atoms with Crippen molar-refractivity contribution >= 4 is 31.5 Å². The number of piperidine rings is 1. The Balaban J connectivity index is 1.43. The van der Waals surface area contributed by atoms with E-state index in [-0.39, 0.29) is 31.5 Å². The third-order valence-electron chi connectivity index (χ3n) is 6.92. The first kappa shape index (κ1) is 35.3. The Bertz CT molecular complexity index is 1550. The Hall–Kier alpha value is -3.58. The molecule has 1 N–H and O–H groups in total. The third kappa shape index (κ3) is 8.22. The van der Waals surface area contributed by atoms with E-state index in [0.717, 1.165) is 29.2 Å². The molecular formula is C31H37F3N3O8P. The number of hydrogen-bond donors (Lipinski definition) is 1. The molecule has 4 amide bonds. The average molecular weight is 668 g/mol. The van der Waals surface area contributed by atoms with Crippen LogP contribution in [0.4, 0.5) is 13.2 Å². The van der Waals surface area contributed by atoms with Crippen molar-refractivity contribution < 1.29 is 50.5 Å². The molecule has 1 unspecified atom stereocenters. The molecule has 1 saturated heterocycles. The molecular weight excluding hydrogens is 630 g/mol. The van der Waals surface area contributed by atoms with Gasteiger partial charge < -0.3 is 10.2 Å². The van der Waals surface area contributed by atoms with E-state index in [4.69, 9.17) is 13.6 Å². The van der Waals surface area contributed by atoms with E-state index >= 15 is 0 Å². The summed E-state index contributed by atoms with van der Waals surface area (Å²) in [7, 11) is -4.26. The lowest BCUT2D eigenvalue weighted by Gasteiger charge is -2.36. The number of fused-ring (bicyclic) bond motifs is 1. The summed E-state index contributed by atoms with van der Waals surface area (Å²) in [5.41, 5.74) is -1.36. The van der Waals surface area contributed by atoms with Crippen LogP contribution in [0.5, 0.6) is 0 Å². The number of phosphoric acid groups is 1. The normalized spacial score (nSPS) is 17.8. The number of phosphoric ester groups is 1. The van der Waals surface area contributed by atoms with Crippen LogP contribution in [0.25, 0.3) is 0 Å². The van der Waals surface area contributed by atoms with Crippen LogP contribution < -0.4 is 5.32 Å². The van der Waals surface area contributed by atoms with Gasteiger partial charge in [0.25, 0.3) is 17.7 Å². The number of amides is 4. The van der Waals surface area contributed by atoms with E-state index in [1.54, 1.807) is 47.6 Å². The molecule has 0 radical (unpaired) electrons. The van der Waals surface area contributed by atoms with Crippen LogP contribution >= 0.6 is 7.82 Å². The number of nitrogens with zero attached hydrogens (tertiary/aromatic N) is 2. The van der Waals surface area contributed by atoms with Crippen molar-refractivity contribution in [1.29, 1.82) is 0 Å². The molecule has 0 bridgehead atoms. The van der Waals surface area contributed by atoms with Gasteiger partial charge in [0.05, 0.1) is 11.2 Å². The molecule has 2 aliphatic heterocycles. The molecule has 15 heteroatoms. The van der Waals surface area contributed by atoms with Gasteiger partial charge in [-0.15, -0.1) is 0 Å². The molecule has 2 heterocycles. The first-order valence-electron chi connectivity index (χ1n) is 14.5. The van der Waals surface area contributed by atoms with E-state index in [1.165, 1.54) is 17.0 Å². The Kier molecular flexibility index (Phi) is 9.90. The molecule has 2 aromatic carbocycles. The molecule has 11 nitrogen and oxygen atoms in total. The standard InChI is InChI=1S/C31H37F3N3O8P/c1-29(2,3)44-46(42,45-30(4,5)6)43-18-37-25(38)14-13-24(27(37)40)36-17-20-15-19(7-12-23(20)26(36)39)16-35-28(41)31(33,34)21-8-10-22(32)11-9-21/h7-12,15,24H,13-14,16-18H2,1-6H3,(H,35,41). The van der Waals surface area contributed by atoms with Gasteiger partial charge in [0.1, 0.15) is 18.6 Å². The largest absolute Gasteiger partial charge is 0.477 e. The van der Waals surface area contributed by atoms with Gasteiger partial charge >= 0.3 is 13.7 Å². The Labute approximate surface area is 265 Å². The predicted octanol–water partition coefficient (Wildman–Crippen LogP) is 5.42. The number of alkyl halides is 2. The van der Waals surface area contributed by atoms with Crippen molar-refractivity contribution in [2.45, 2.75) is 90.6 Å². The van der Waals surface area contributed by atoms with Gasteiger partial charge in [0.15, 0.2) is 0 Å². The third-order valence-corrected chi connectivity index (χ3v) is 8.90. The molecule has 2 aliphatic rings. The fourth-order valence-electron chi connectivity index (χ4n) is 4.96. The van der Waals surface area contributed by atoms with Crippen LogP contribution in [-0.2, 0) is 51.5 Å². The van der Waals surface area contributed by atoms with Crippen LogP contribution in [0, 0.1) is 5.82 Å². The van der Waals surface area contributed by atoms with E-state index in [2.05, 4.69) is 5.32 Å². The van der Waals surface area contributed by atoms with Crippen LogP contribution in [0.15, 0.2) is 42.5 Å². The molecule has 4 rings (SSSR count). The first-order valence-corrected chi connectivity index (χ1v) is 16.0. The fourth-order valence-corrected chi connectivity index (χ4v) is 6.70. The summed E-state index contributed by atoms with van der Waals surface area (Å²) in [4.78, 5) is 53.9. The summed E-state index contributed by atoms with van der Waals surface area (Å²) in [6, 6.07) is 6.82. The zero-order valence-corrected chi connectivity index (χ0v) is 27.3. The fraction of sp³-hybridized carbons (Fsp3) is 0.484. The number of carbonyl (C=O) groups excluding carboxylic acids is 4. The number of benzene rings is 2. The Morgan fingerprint density at radius 1 is 0.978 bits per heavy atom. The van der Waals surface area contributed by atoms with Crippen LogP contribution in [0.3, 0.4) is 0 Å². The van der Waals surface area contributed by atoms with E-state index in [1.807, 2.05) is 0 Å². The Morgan fingerprint density at radius 2 is 1.59 bits per heavy atom. The quantitative estimate of drug-likeness (QED) is 0.263. The van der Waals surface area contributed by atoms with Gasteiger partial charge in [-0.2, -0.15) is 8.78 Å². The highest BCUT2D eigenvalue weighted by Gasteiger charge is 2.45. The molecule has 1 fully saturated rings. The van der Waals surface area contributed by atoms with Crippen LogP contribution in [0.1, 0.15) is 81.4 Å². The number of halogens is 3. The summed E-state index contributed by atoms with van der Waals surface area (Å²) in [6.07, 6.45) is -0.0477. The lowest BCUT2D eigenvalue weighted by atomic mass is 10.0. The Morgan fingerprint density at radius 3 is 2.17 bits per heavy atom. The van der Waals surface area contributed by atoms with Crippen molar-refractivity contribution in [2.75, 3.05) is 6.73 Å². The van der Waals surface area contributed by atoms with Crippen molar-refractivity contribution in [3.05, 3.63) is 70.5 Å². The number of imide groups is 1. The molecule has 46 heavy (non-hydrogen) atoms. The maximum absolute atomic E-state index is 14.6. The molecule has 0 spiro atoms. The number of rotatable bonds is 10. The topological polar surface area (TPSA) is 132 Å². The molecule has 0 aliphatic carbocycles. The summed E-state index contributed by atoms with van der Waals surface area (Å²) in [6.45, 7) is 8.82. The lowest BCUT2D eigenvalue weighted by molar-refractivity contribution is -0.156. The summed E-state index contributed by atoms with van der Waals surface area (Å²) >= 11 is 0. The van der Waals surface area contributed by atoms with E-state index in [9.17, 15) is 36.9 Å². The van der Waals surface area contributed by atoms with Gasteiger partial charge in [-0.1, -0.05) is 12.1 Å². The monoisotopic (exact) mass is 667 g/mol. The minimum Gasteiger partial charge on any atom is -0.346 e. The lowest BCUT2D eigenvalue weighted by Crippen LogP contribution is -2.55. The van der Waals surface area contributed by atoms with Gasteiger partial charge in [0, 0.05) is 30.6 Å². The second-order valence-electron chi connectivity index (χ2n) is 13.0. The van der Waals surface area contributed by atoms with Gasteiger partial charge in [-0.3, -0.25) is 37.6 Å². The zero-order chi connectivity index (χ0) is 34.2. The van der Waals surface area contributed by atoms with Crippen molar-refractivity contribution in [3.63, 3.8) is 0 Å². The predicted molar refractivity (Wildman–Crippen MR) is 159 cm³/mol. The van der Waals surface area contributed by atoms with Gasteiger partial charge in [0.2, 0.25) is 5.91 Å². The summed E-state index contributed by atoms with van der Waals surface area (Å²) < 4.78 is 72.3. The van der Waals surface area contributed by atoms with Gasteiger partial charge in [-0.05, 0) is 89.4 Å². The summed E-state index contributed by atoms with van der Waals surface area (Å²) in [5.74, 6) is -7.99. The highest BCUT2D eigenvalue weighted by Crippen LogP contribution is 2.55. The van der Waals surface area contributed by atoms with E-state index < -0.39 is 72.7 Å². The van der Waals surface area contributed by atoms with Crippen LogP contribution in [0.2, 0.25) is 0 Å². The van der Waals surface area contributed by atoms with E-state index in [0.29, 0.717) is 11.1 Å². The van der Waals surface area contributed by atoms with Crippen molar-refractivity contribution in [2.24, 2.45) is 0 Å². The summed E-state index contributed by atoms with van der Waals surface area (Å²) in [5, 5.41) is 2.16. The smallest absolute Gasteiger partial charge is 0.346 e. The van der Waals surface area contributed by atoms with Crippen LogP contribution in [-0.4, -0.2) is 57.4 Å². The van der Waals surface area contributed by atoms with Crippen molar-refractivity contribution in [1.82, 2.24) is 15.1 Å². The molecule has 2 aromatic rings. The zero-order valence-electron chi connectivity index (χ0n) is 26.4. The minimum absolute atomic E-state index is 0.0141. The number of carbonyl (C=O) groups is 4. The second kappa shape index (κ2) is 12.9. The average Bonchev–Trinajstić information content (AvgIpc) is 3.24.